The molecule has 0 heterocycles. The molecule has 0 bridgehead atoms. The number of carbonyl (C=O) groups excluding carboxylic acids is 2. The van der Waals surface area contributed by atoms with Crippen molar-refractivity contribution in [3.8, 4) is 5.75 Å². The smallest absolute Gasteiger partial charge is 0.258 e. The zero-order chi connectivity index (χ0) is 16.8. The lowest BCUT2D eigenvalue weighted by molar-refractivity contribution is -0.123. The SMILES string of the molecule is CC(=O)c1cccc(OCC(=O)NC(C)c2ccccc2C)c1. The summed E-state index contributed by atoms with van der Waals surface area (Å²) < 4.78 is 5.46. The van der Waals surface area contributed by atoms with Gasteiger partial charge in [0, 0.05) is 5.56 Å². The highest BCUT2D eigenvalue weighted by Crippen LogP contribution is 2.17. The molecule has 0 aromatic heterocycles. The molecule has 1 atom stereocenters. The van der Waals surface area contributed by atoms with E-state index in [1.54, 1.807) is 24.3 Å². The highest BCUT2D eigenvalue weighted by molar-refractivity contribution is 5.94. The van der Waals surface area contributed by atoms with Gasteiger partial charge >= 0.3 is 0 Å². The Morgan fingerprint density at radius 1 is 1.13 bits per heavy atom. The van der Waals surface area contributed by atoms with Gasteiger partial charge in [0.1, 0.15) is 5.75 Å². The zero-order valence-electron chi connectivity index (χ0n) is 13.6. The first kappa shape index (κ1) is 16.7. The third-order valence-electron chi connectivity index (χ3n) is 3.64. The molecule has 0 aliphatic rings. The maximum Gasteiger partial charge on any atom is 0.258 e. The van der Waals surface area contributed by atoms with Crippen molar-refractivity contribution >= 4 is 11.7 Å². The fraction of sp³-hybridized carbons (Fsp3) is 0.263. The van der Waals surface area contributed by atoms with Crippen molar-refractivity contribution in [1.29, 1.82) is 0 Å². The van der Waals surface area contributed by atoms with Crippen molar-refractivity contribution in [3.05, 3.63) is 65.2 Å². The number of benzene rings is 2. The van der Waals surface area contributed by atoms with Gasteiger partial charge in [-0.25, -0.2) is 0 Å². The first-order valence-corrected chi connectivity index (χ1v) is 7.56. The van der Waals surface area contributed by atoms with Crippen LogP contribution in [0.5, 0.6) is 5.75 Å². The van der Waals surface area contributed by atoms with Crippen LogP contribution in [-0.2, 0) is 4.79 Å². The van der Waals surface area contributed by atoms with Crippen LogP contribution in [0.25, 0.3) is 0 Å². The number of hydrogen-bond donors (Lipinski definition) is 1. The minimum Gasteiger partial charge on any atom is -0.484 e. The van der Waals surface area contributed by atoms with E-state index < -0.39 is 0 Å². The zero-order valence-corrected chi connectivity index (χ0v) is 13.6. The Labute approximate surface area is 136 Å². The average Bonchev–Trinajstić information content (AvgIpc) is 2.53. The third-order valence-corrected chi connectivity index (χ3v) is 3.64. The monoisotopic (exact) mass is 311 g/mol. The van der Waals surface area contributed by atoms with Crippen molar-refractivity contribution in [2.75, 3.05) is 6.61 Å². The van der Waals surface area contributed by atoms with E-state index in [4.69, 9.17) is 4.74 Å². The summed E-state index contributed by atoms with van der Waals surface area (Å²) in [4.78, 5) is 23.4. The van der Waals surface area contributed by atoms with E-state index in [2.05, 4.69) is 5.32 Å². The molecule has 0 saturated heterocycles. The molecule has 0 radical (unpaired) electrons. The molecule has 2 aromatic carbocycles. The summed E-state index contributed by atoms with van der Waals surface area (Å²) in [5.74, 6) is 0.276. The molecule has 0 aliphatic heterocycles. The molecular formula is C19H21NO3. The molecule has 0 saturated carbocycles. The fourth-order valence-corrected chi connectivity index (χ4v) is 2.39. The topological polar surface area (TPSA) is 55.4 Å². The van der Waals surface area contributed by atoms with Crippen molar-refractivity contribution in [1.82, 2.24) is 5.32 Å². The predicted molar refractivity (Wildman–Crippen MR) is 89.7 cm³/mol. The molecule has 0 spiro atoms. The largest absolute Gasteiger partial charge is 0.484 e. The second kappa shape index (κ2) is 7.58. The average molecular weight is 311 g/mol. The van der Waals surface area contributed by atoms with Gasteiger partial charge in [0.15, 0.2) is 12.4 Å². The maximum atomic E-state index is 12.0. The van der Waals surface area contributed by atoms with Crippen LogP contribution in [-0.4, -0.2) is 18.3 Å². The Morgan fingerprint density at radius 2 is 1.87 bits per heavy atom. The Morgan fingerprint density at radius 3 is 2.57 bits per heavy atom. The molecule has 1 unspecified atom stereocenters. The van der Waals surface area contributed by atoms with Crippen LogP contribution in [0.15, 0.2) is 48.5 Å². The van der Waals surface area contributed by atoms with Crippen LogP contribution >= 0.6 is 0 Å². The first-order chi connectivity index (χ1) is 11.0. The van der Waals surface area contributed by atoms with Crippen LogP contribution in [0.1, 0.15) is 41.4 Å². The Balaban J connectivity index is 1.91. The molecular weight excluding hydrogens is 290 g/mol. The first-order valence-electron chi connectivity index (χ1n) is 7.56. The summed E-state index contributed by atoms with van der Waals surface area (Å²) in [5, 5.41) is 2.91. The summed E-state index contributed by atoms with van der Waals surface area (Å²) in [5.41, 5.74) is 2.78. The van der Waals surface area contributed by atoms with Crippen molar-refractivity contribution in [2.24, 2.45) is 0 Å². The van der Waals surface area contributed by atoms with Crippen LogP contribution in [0.4, 0.5) is 0 Å². The van der Waals surface area contributed by atoms with Crippen LogP contribution in [0, 0.1) is 6.92 Å². The van der Waals surface area contributed by atoms with Gasteiger partial charge in [0.05, 0.1) is 6.04 Å². The number of hydrogen-bond acceptors (Lipinski definition) is 3. The van der Waals surface area contributed by atoms with Gasteiger partial charge < -0.3 is 10.1 Å². The van der Waals surface area contributed by atoms with Gasteiger partial charge in [-0.2, -0.15) is 0 Å². The molecule has 4 heteroatoms. The molecule has 2 rings (SSSR count). The summed E-state index contributed by atoms with van der Waals surface area (Å²) in [6.07, 6.45) is 0. The normalized spacial score (nSPS) is 11.6. The van der Waals surface area contributed by atoms with Gasteiger partial charge in [-0.1, -0.05) is 36.4 Å². The molecule has 0 fully saturated rings. The van der Waals surface area contributed by atoms with E-state index in [1.807, 2.05) is 38.1 Å². The summed E-state index contributed by atoms with van der Waals surface area (Å²) in [6.45, 7) is 5.37. The molecule has 120 valence electrons. The van der Waals surface area contributed by atoms with Crippen molar-refractivity contribution in [2.45, 2.75) is 26.8 Å². The molecule has 2 aromatic rings. The Bertz CT molecular complexity index is 709. The standard InChI is InChI=1S/C19H21NO3/c1-13-7-4-5-10-18(13)14(2)20-19(22)12-23-17-9-6-8-16(11-17)15(3)21/h4-11,14H,12H2,1-3H3,(H,20,22). The Kier molecular flexibility index (Phi) is 5.52. The number of carbonyl (C=O) groups is 2. The van der Waals surface area contributed by atoms with Crippen molar-refractivity contribution < 1.29 is 14.3 Å². The van der Waals surface area contributed by atoms with Crippen molar-refractivity contribution in [3.63, 3.8) is 0 Å². The highest BCUT2D eigenvalue weighted by Gasteiger charge is 2.12. The van der Waals surface area contributed by atoms with E-state index in [-0.39, 0.29) is 24.3 Å². The fourth-order valence-electron chi connectivity index (χ4n) is 2.39. The molecule has 23 heavy (non-hydrogen) atoms. The number of amides is 1. The number of ether oxygens (including phenoxy) is 1. The van der Waals surface area contributed by atoms with Gasteiger partial charge in [0.2, 0.25) is 0 Å². The van der Waals surface area contributed by atoms with E-state index >= 15 is 0 Å². The van der Waals surface area contributed by atoms with Gasteiger partial charge in [-0.3, -0.25) is 9.59 Å². The van der Waals surface area contributed by atoms with E-state index in [0.717, 1.165) is 11.1 Å². The lowest BCUT2D eigenvalue weighted by atomic mass is 10.0. The predicted octanol–water partition coefficient (Wildman–Crippen LogP) is 3.45. The quantitative estimate of drug-likeness (QED) is 0.831. The number of aryl methyl sites for hydroxylation is 1. The second-order valence-corrected chi connectivity index (χ2v) is 5.52. The van der Waals surface area contributed by atoms with Gasteiger partial charge in [-0.05, 0) is 44.0 Å². The van der Waals surface area contributed by atoms with E-state index in [1.165, 1.54) is 6.92 Å². The summed E-state index contributed by atoms with van der Waals surface area (Å²) in [7, 11) is 0. The summed E-state index contributed by atoms with van der Waals surface area (Å²) in [6, 6.07) is 14.7. The molecule has 1 amide bonds. The lowest BCUT2D eigenvalue weighted by Crippen LogP contribution is -2.31. The van der Waals surface area contributed by atoms with Gasteiger partial charge in [0.25, 0.3) is 5.91 Å². The second-order valence-electron chi connectivity index (χ2n) is 5.52. The minimum absolute atomic E-state index is 0.0342. The molecule has 0 aliphatic carbocycles. The van der Waals surface area contributed by atoms with E-state index in [9.17, 15) is 9.59 Å². The third kappa shape index (κ3) is 4.68. The van der Waals surface area contributed by atoms with Crippen LogP contribution in [0.3, 0.4) is 0 Å². The minimum atomic E-state index is -0.200. The number of ketones is 1. The van der Waals surface area contributed by atoms with Crippen LogP contribution < -0.4 is 10.1 Å². The number of rotatable bonds is 6. The van der Waals surface area contributed by atoms with E-state index in [0.29, 0.717) is 11.3 Å². The van der Waals surface area contributed by atoms with Gasteiger partial charge in [-0.15, -0.1) is 0 Å². The Hall–Kier alpha value is -2.62. The number of Topliss-reactive ketones (excluding diaryl/α,β-unsaturated/α-hetero) is 1. The summed E-state index contributed by atoms with van der Waals surface area (Å²) >= 11 is 0. The maximum absolute atomic E-state index is 12.0. The molecule has 1 N–H and O–H groups in total. The van der Waals surface area contributed by atoms with Crippen LogP contribution in [0.2, 0.25) is 0 Å². The number of nitrogens with one attached hydrogen (secondary N) is 1. The lowest BCUT2D eigenvalue weighted by Gasteiger charge is -2.16. The molecule has 4 nitrogen and oxygen atoms in total. The highest BCUT2D eigenvalue weighted by atomic mass is 16.5.